The van der Waals surface area contributed by atoms with E-state index in [2.05, 4.69) is 15.0 Å². The second-order valence-electron chi connectivity index (χ2n) is 8.01. The maximum Gasteiger partial charge on any atom is 0.241 e. The Bertz CT molecular complexity index is 984. The number of benzene rings is 2. The van der Waals surface area contributed by atoms with Gasteiger partial charge in [-0.3, -0.25) is 9.69 Å². The molecule has 0 amide bonds. The molecule has 1 atom stereocenters. The van der Waals surface area contributed by atoms with E-state index in [9.17, 15) is 4.79 Å². The highest BCUT2D eigenvalue weighted by atomic mass is 16.5. The second-order valence-corrected chi connectivity index (χ2v) is 8.01. The van der Waals surface area contributed by atoms with E-state index in [4.69, 9.17) is 9.26 Å². The monoisotopic (exact) mass is 405 g/mol. The molecular formula is C24H27N3O3. The molecule has 0 N–H and O–H groups in total. The minimum absolute atomic E-state index is 0.0374. The predicted octanol–water partition coefficient (Wildman–Crippen LogP) is 4.62. The predicted molar refractivity (Wildman–Crippen MR) is 114 cm³/mol. The molecule has 156 valence electrons. The Morgan fingerprint density at radius 1 is 1.20 bits per heavy atom. The second kappa shape index (κ2) is 9.22. The van der Waals surface area contributed by atoms with Crippen molar-refractivity contribution < 1.29 is 14.1 Å². The molecule has 3 aromatic rings. The van der Waals surface area contributed by atoms with Gasteiger partial charge in [-0.15, -0.1) is 0 Å². The Morgan fingerprint density at radius 2 is 2.03 bits per heavy atom. The number of aromatic nitrogens is 2. The van der Waals surface area contributed by atoms with Crippen LogP contribution in [0.25, 0.3) is 11.4 Å². The minimum Gasteiger partial charge on any atom is -0.491 e. The van der Waals surface area contributed by atoms with Crippen molar-refractivity contribution in [3.63, 3.8) is 0 Å². The van der Waals surface area contributed by atoms with Crippen LogP contribution >= 0.6 is 0 Å². The molecular weight excluding hydrogens is 378 g/mol. The zero-order chi connectivity index (χ0) is 20.9. The molecule has 2 heterocycles. The molecule has 0 saturated carbocycles. The van der Waals surface area contributed by atoms with Crippen LogP contribution in [-0.2, 0) is 6.54 Å². The Morgan fingerprint density at radius 3 is 2.83 bits per heavy atom. The summed E-state index contributed by atoms with van der Waals surface area (Å²) in [6, 6.07) is 17.3. The number of rotatable bonds is 7. The highest BCUT2D eigenvalue weighted by Gasteiger charge is 2.28. The van der Waals surface area contributed by atoms with Crippen LogP contribution in [0.5, 0.6) is 5.75 Å². The van der Waals surface area contributed by atoms with Crippen molar-refractivity contribution in [1.82, 2.24) is 15.0 Å². The minimum atomic E-state index is -0.0374. The van der Waals surface area contributed by atoms with E-state index in [1.807, 2.05) is 68.4 Å². The van der Waals surface area contributed by atoms with Crippen molar-refractivity contribution in [2.45, 2.75) is 39.3 Å². The highest BCUT2D eigenvalue weighted by molar-refractivity contribution is 5.98. The SMILES string of the molecule is CC(C)Oc1cccc(C(=O)[C@@H]2CCCN(Cc3nc(-c4ccccc4)no3)C2)c1. The van der Waals surface area contributed by atoms with Gasteiger partial charge in [0, 0.05) is 23.6 Å². The number of carbonyl (C=O) groups is 1. The largest absolute Gasteiger partial charge is 0.491 e. The number of hydrogen-bond donors (Lipinski definition) is 0. The van der Waals surface area contributed by atoms with Crippen molar-refractivity contribution in [2.75, 3.05) is 13.1 Å². The van der Waals surface area contributed by atoms with Crippen molar-refractivity contribution in [3.05, 3.63) is 66.1 Å². The van der Waals surface area contributed by atoms with Gasteiger partial charge < -0.3 is 9.26 Å². The molecule has 1 aromatic heterocycles. The van der Waals surface area contributed by atoms with Crippen LogP contribution in [0.4, 0.5) is 0 Å². The van der Waals surface area contributed by atoms with Crippen LogP contribution in [0.3, 0.4) is 0 Å². The van der Waals surface area contributed by atoms with Gasteiger partial charge in [-0.05, 0) is 45.4 Å². The number of carbonyl (C=O) groups excluding carboxylic acids is 1. The molecule has 30 heavy (non-hydrogen) atoms. The van der Waals surface area contributed by atoms with E-state index >= 15 is 0 Å². The zero-order valence-corrected chi connectivity index (χ0v) is 17.5. The lowest BCUT2D eigenvalue weighted by Crippen LogP contribution is -2.38. The van der Waals surface area contributed by atoms with Gasteiger partial charge in [-0.25, -0.2) is 0 Å². The summed E-state index contributed by atoms with van der Waals surface area (Å²) in [5, 5.41) is 4.09. The first kappa shape index (κ1) is 20.3. The maximum absolute atomic E-state index is 13.1. The summed E-state index contributed by atoms with van der Waals surface area (Å²) in [5.41, 5.74) is 1.65. The summed E-state index contributed by atoms with van der Waals surface area (Å²) < 4.78 is 11.2. The van der Waals surface area contributed by atoms with E-state index in [-0.39, 0.29) is 17.8 Å². The molecule has 0 unspecified atom stereocenters. The lowest BCUT2D eigenvalue weighted by atomic mass is 9.90. The first-order valence-corrected chi connectivity index (χ1v) is 10.5. The normalized spacial score (nSPS) is 17.2. The fourth-order valence-electron chi connectivity index (χ4n) is 3.86. The summed E-state index contributed by atoms with van der Waals surface area (Å²) in [6.07, 6.45) is 1.94. The summed E-state index contributed by atoms with van der Waals surface area (Å²) in [6.45, 7) is 6.13. The summed E-state index contributed by atoms with van der Waals surface area (Å²) >= 11 is 0. The molecule has 1 fully saturated rings. The third kappa shape index (κ3) is 4.94. The van der Waals surface area contributed by atoms with E-state index in [0.717, 1.165) is 30.7 Å². The van der Waals surface area contributed by atoms with E-state index in [0.29, 0.717) is 30.4 Å². The molecule has 0 aliphatic carbocycles. The Hall–Kier alpha value is -2.99. The van der Waals surface area contributed by atoms with Crippen LogP contribution in [0.15, 0.2) is 59.1 Å². The number of nitrogens with zero attached hydrogens (tertiary/aromatic N) is 3. The Balaban J connectivity index is 1.40. The smallest absolute Gasteiger partial charge is 0.241 e. The average molecular weight is 405 g/mol. The van der Waals surface area contributed by atoms with Crippen molar-refractivity contribution in [1.29, 1.82) is 0 Å². The lowest BCUT2D eigenvalue weighted by molar-refractivity contribution is 0.0796. The van der Waals surface area contributed by atoms with Crippen molar-refractivity contribution >= 4 is 5.78 Å². The van der Waals surface area contributed by atoms with Gasteiger partial charge in [-0.2, -0.15) is 4.98 Å². The van der Waals surface area contributed by atoms with Crippen LogP contribution in [0.1, 0.15) is 42.9 Å². The van der Waals surface area contributed by atoms with Crippen molar-refractivity contribution in [3.8, 4) is 17.1 Å². The number of likely N-dealkylation sites (tertiary alicyclic amines) is 1. The summed E-state index contributed by atoms with van der Waals surface area (Å²) in [7, 11) is 0. The van der Waals surface area contributed by atoms with Gasteiger partial charge in [0.1, 0.15) is 5.75 Å². The van der Waals surface area contributed by atoms with E-state index in [1.54, 1.807) is 0 Å². The highest BCUT2D eigenvalue weighted by Crippen LogP contribution is 2.25. The Kier molecular flexibility index (Phi) is 6.23. The fraction of sp³-hybridized carbons (Fsp3) is 0.375. The molecule has 1 aliphatic heterocycles. The number of ketones is 1. The zero-order valence-electron chi connectivity index (χ0n) is 17.5. The third-order valence-electron chi connectivity index (χ3n) is 5.23. The standard InChI is InChI=1S/C24H27N3O3/c1-17(2)29-21-12-6-10-19(14-21)23(28)20-11-7-13-27(15-20)16-22-25-24(26-30-22)18-8-4-3-5-9-18/h3-6,8-10,12,14,17,20H,7,11,13,15-16H2,1-2H3/t20-/m1/s1. The van der Waals surface area contributed by atoms with Gasteiger partial charge in [-0.1, -0.05) is 47.6 Å². The van der Waals surface area contributed by atoms with Crippen molar-refractivity contribution in [2.24, 2.45) is 5.92 Å². The van der Waals surface area contributed by atoms with Gasteiger partial charge in [0.2, 0.25) is 11.7 Å². The molecule has 0 bridgehead atoms. The molecule has 2 aromatic carbocycles. The van der Waals surface area contributed by atoms with Gasteiger partial charge >= 0.3 is 0 Å². The first-order chi connectivity index (χ1) is 14.6. The van der Waals surface area contributed by atoms with Crippen LogP contribution in [-0.4, -0.2) is 40.0 Å². The topological polar surface area (TPSA) is 68.5 Å². The quantitative estimate of drug-likeness (QED) is 0.534. The number of piperidine rings is 1. The number of ether oxygens (including phenoxy) is 1. The first-order valence-electron chi connectivity index (χ1n) is 10.5. The molecule has 6 nitrogen and oxygen atoms in total. The van der Waals surface area contributed by atoms with Gasteiger partial charge in [0.05, 0.1) is 12.6 Å². The van der Waals surface area contributed by atoms with Gasteiger partial charge in [0.15, 0.2) is 5.78 Å². The summed E-state index contributed by atoms with van der Waals surface area (Å²) in [5.74, 6) is 2.04. The molecule has 4 rings (SSSR count). The van der Waals surface area contributed by atoms with Gasteiger partial charge in [0.25, 0.3) is 0 Å². The summed E-state index contributed by atoms with van der Waals surface area (Å²) in [4.78, 5) is 19.8. The number of hydrogen-bond acceptors (Lipinski definition) is 6. The fourth-order valence-corrected chi connectivity index (χ4v) is 3.86. The van der Waals surface area contributed by atoms with Crippen LogP contribution in [0, 0.1) is 5.92 Å². The van der Waals surface area contributed by atoms with Crippen LogP contribution < -0.4 is 4.74 Å². The third-order valence-corrected chi connectivity index (χ3v) is 5.23. The lowest BCUT2D eigenvalue weighted by Gasteiger charge is -2.30. The Labute approximate surface area is 176 Å². The number of Topliss-reactive ketones (excluding diaryl/α,β-unsaturated/α-hetero) is 1. The molecule has 0 radical (unpaired) electrons. The van der Waals surface area contributed by atoms with E-state index in [1.165, 1.54) is 0 Å². The molecule has 0 spiro atoms. The molecule has 1 aliphatic rings. The van der Waals surface area contributed by atoms with Crippen LogP contribution in [0.2, 0.25) is 0 Å². The maximum atomic E-state index is 13.1. The molecule has 1 saturated heterocycles. The van der Waals surface area contributed by atoms with E-state index < -0.39 is 0 Å². The average Bonchev–Trinajstić information content (AvgIpc) is 3.22. The molecule has 6 heteroatoms.